The van der Waals surface area contributed by atoms with E-state index in [1.165, 1.54) is 11.1 Å². The molecule has 0 aliphatic rings. The minimum absolute atomic E-state index is 0.371. The number of carbonyl (C=O) groups excluding carboxylic acids is 1. The third kappa shape index (κ3) is 3.06. The van der Waals surface area contributed by atoms with Crippen LogP contribution < -0.4 is 10.1 Å². The summed E-state index contributed by atoms with van der Waals surface area (Å²) < 4.78 is 5.28. The fraction of sp³-hybridized carbons (Fsp3) is 0.417. The van der Waals surface area contributed by atoms with Crippen molar-refractivity contribution in [3.05, 3.63) is 28.8 Å². The number of aldehydes is 1. The minimum Gasteiger partial charge on any atom is -0.496 e. The lowest BCUT2D eigenvalue weighted by Gasteiger charge is -2.11. The maximum absolute atomic E-state index is 10.2. The zero-order valence-corrected chi connectivity index (χ0v) is 9.46. The number of carbonyl (C=O) groups is 1. The molecule has 1 aromatic carbocycles. The van der Waals surface area contributed by atoms with Crippen molar-refractivity contribution in [2.75, 3.05) is 13.7 Å². The van der Waals surface area contributed by atoms with Crippen LogP contribution in [0.5, 0.6) is 5.75 Å². The van der Waals surface area contributed by atoms with E-state index in [1.54, 1.807) is 7.11 Å². The Bertz CT molecular complexity index is 348. The summed E-state index contributed by atoms with van der Waals surface area (Å²) in [7, 11) is 1.66. The van der Waals surface area contributed by atoms with Crippen LogP contribution in [0.2, 0.25) is 0 Å². The average Bonchev–Trinajstić information content (AvgIpc) is 2.23. The first-order valence-corrected chi connectivity index (χ1v) is 4.97. The van der Waals surface area contributed by atoms with Gasteiger partial charge in [0.25, 0.3) is 0 Å². The van der Waals surface area contributed by atoms with Crippen molar-refractivity contribution in [1.82, 2.24) is 5.32 Å². The maximum atomic E-state index is 10.2. The highest BCUT2D eigenvalue weighted by molar-refractivity contribution is 5.52. The second kappa shape index (κ2) is 5.51. The Hall–Kier alpha value is -1.35. The van der Waals surface area contributed by atoms with Gasteiger partial charge in [0.05, 0.1) is 13.7 Å². The van der Waals surface area contributed by atoms with Gasteiger partial charge in [-0.2, -0.15) is 0 Å². The molecule has 0 aliphatic carbocycles. The molecule has 1 aromatic rings. The van der Waals surface area contributed by atoms with Gasteiger partial charge in [0.2, 0.25) is 0 Å². The summed E-state index contributed by atoms with van der Waals surface area (Å²) in [5.41, 5.74) is 3.53. The number of hydrogen-bond acceptors (Lipinski definition) is 3. The Labute approximate surface area is 90.4 Å². The molecule has 0 saturated carbocycles. The lowest BCUT2D eigenvalue weighted by molar-refractivity contribution is -0.107. The zero-order chi connectivity index (χ0) is 11.3. The summed E-state index contributed by atoms with van der Waals surface area (Å²) in [5, 5.41) is 3.02. The highest BCUT2D eigenvalue weighted by Gasteiger charge is 2.04. The third-order valence-corrected chi connectivity index (χ3v) is 2.44. The lowest BCUT2D eigenvalue weighted by atomic mass is 10.1. The monoisotopic (exact) mass is 207 g/mol. The number of nitrogens with one attached hydrogen (secondary N) is 1. The Morgan fingerprint density at radius 2 is 2.00 bits per heavy atom. The largest absolute Gasteiger partial charge is 0.496 e. The van der Waals surface area contributed by atoms with Crippen molar-refractivity contribution in [3.63, 3.8) is 0 Å². The smallest absolute Gasteiger partial charge is 0.133 e. The van der Waals surface area contributed by atoms with Crippen LogP contribution in [0.15, 0.2) is 12.1 Å². The molecule has 15 heavy (non-hydrogen) atoms. The molecule has 0 saturated heterocycles. The van der Waals surface area contributed by atoms with Crippen LogP contribution in [-0.2, 0) is 11.3 Å². The Kier molecular flexibility index (Phi) is 4.31. The number of ether oxygens (including phenoxy) is 1. The number of hydrogen-bond donors (Lipinski definition) is 1. The predicted molar refractivity (Wildman–Crippen MR) is 60.2 cm³/mol. The topological polar surface area (TPSA) is 38.3 Å². The average molecular weight is 207 g/mol. The molecular formula is C12H17NO2. The van der Waals surface area contributed by atoms with Gasteiger partial charge in [0.15, 0.2) is 0 Å². The number of rotatable bonds is 5. The maximum Gasteiger partial charge on any atom is 0.133 e. The summed E-state index contributed by atoms with van der Waals surface area (Å²) in [6.45, 7) is 5.15. The molecule has 3 heteroatoms. The molecule has 1 rings (SSSR count). The van der Waals surface area contributed by atoms with Crippen molar-refractivity contribution in [2.45, 2.75) is 20.4 Å². The summed E-state index contributed by atoms with van der Waals surface area (Å²) in [4.78, 5) is 10.2. The first-order valence-electron chi connectivity index (χ1n) is 4.97. The molecule has 0 bridgehead atoms. The summed E-state index contributed by atoms with van der Waals surface area (Å²) in [5.74, 6) is 0.872. The van der Waals surface area contributed by atoms with E-state index in [-0.39, 0.29) is 0 Å². The standard InChI is InChI=1S/C12H17NO2/c1-9-6-11(8-13-4-5-14)12(15-3)7-10(9)2/h5-7,13H,4,8H2,1-3H3. The van der Waals surface area contributed by atoms with E-state index in [2.05, 4.69) is 25.2 Å². The molecule has 0 amide bonds. The molecule has 0 radical (unpaired) electrons. The van der Waals surface area contributed by atoms with E-state index in [0.29, 0.717) is 13.1 Å². The van der Waals surface area contributed by atoms with Crippen molar-refractivity contribution in [2.24, 2.45) is 0 Å². The molecule has 0 aliphatic heterocycles. The first kappa shape index (κ1) is 11.7. The van der Waals surface area contributed by atoms with Crippen molar-refractivity contribution >= 4 is 6.29 Å². The van der Waals surface area contributed by atoms with Crippen LogP contribution in [0.25, 0.3) is 0 Å². The van der Waals surface area contributed by atoms with E-state index in [9.17, 15) is 4.79 Å². The molecule has 3 nitrogen and oxygen atoms in total. The van der Waals surface area contributed by atoms with Gasteiger partial charge >= 0.3 is 0 Å². The Morgan fingerprint density at radius 1 is 1.33 bits per heavy atom. The first-order chi connectivity index (χ1) is 7.19. The summed E-state index contributed by atoms with van der Waals surface area (Å²) in [6, 6.07) is 4.11. The molecular weight excluding hydrogens is 190 g/mol. The van der Waals surface area contributed by atoms with Crippen molar-refractivity contribution in [3.8, 4) is 5.75 Å². The quantitative estimate of drug-likeness (QED) is 0.588. The van der Waals surface area contributed by atoms with E-state index in [4.69, 9.17) is 4.74 Å². The number of methoxy groups -OCH3 is 1. The minimum atomic E-state index is 0.371. The predicted octanol–water partition coefficient (Wildman–Crippen LogP) is 1.60. The highest BCUT2D eigenvalue weighted by Crippen LogP contribution is 2.22. The highest BCUT2D eigenvalue weighted by atomic mass is 16.5. The van der Waals surface area contributed by atoms with Crippen molar-refractivity contribution in [1.29, 1.82) is 0 Å². The number of benzene rings is 1. The lowest BCUT2D eigenvalue weighted by Crippen LogP contribution is -2.16. The van der Waals surface area contributed by atoms with Crippen LogP contribution in [0.3, 0.4) is 0 Å². The normalized spacial score (nSPS) is 10.1. The van der Waals surface area contributed by atoms with Gasteiger partial charge in [0, 0.05) is 12.1 Å². The van der Waals surface area contributed by atoms with Crippen LogP contribution >= 0.6 is 0 Å². The van der Waals surface area contributed by atoms with E-state index < -0.39 is 0 Å². The Morgan fingerprint density at radius 3 is 2.60 bits per heavy atom. The van der Waals surface area contributed by atoms with Crippen LogP contribution in [0.1, 0.15) is 16.7 Å². The SMILES string of the molecule is COc1cc(C)c(C)cc1CNCC=O. The molecule has 0 fully saturated rings. The van der Waals surface area contributed by atoms with Gasteiger partial charge in [-0.3, -0.25) is 0 Å². The van der Waals surface area contributed by atoms with E-state index in [0.717, 1.165) is 17.6 Å². The van der Waals surface area contributed by atoms with Gasteiger partial charge in [0.1, 0.15) is 12.0 Å². The molecule has 0 heterocycles. The second-order valence-electron chi connectivity index (χ2n) is 3.55. The fourth-order valence-electron chi connectivity index (χ4n) is 1.44. The molecule has 82 valence electrons. The summed E-state index contributed by atoms with van der Waals surface area (Å²) >= 11 is 0. The van der Waals surface area contributed by atoms with Crippen molar-refractivity contribution < 1.29 is 9.53 Å². The second-order valence-corrected chi connectivity index (χ2v) is 3.55. The van der Waals surface area contributed by atoms with Gasteiger partial charge in [-0.15, -0.1) is 0 Å². The van der Waals surface area contributed by atoms with Gasteiger partial charge in [-0.25, -0.2) is 0 Å². The molecule has 0 aromatic heterocycles. The van der Waals surface area contributed by atoms with Gasteiger partial charge < -0.3 is 14.8 Å². The zero-order valence-electron chi connectivity index (χ0n) is 9.46. The van der Waals surface area contributed by atoms with Crippen LogP contribution in [0.4, 0.5) is 0 Å². The fourth-order valence-corrected chi connectivity index (χ4v) is 1.44. The summed E-state index contributed by atoms with van der Waals surface area (Å²) in [6.07, 6.45) is 0.855. The van der Waals surface area contributed by atoms with Crippen LogP contribution in [0, 0.1) is 13.8 Å². The number of aryl methyl sites for hydroxylation is 2. The van der Waals surface area contributed by atoms with Crippen LogP contribution in [-0.4, -0.2) is 19.9 Å². The molecule has 0 spiro atoms. The Balaban J connectivity index is 2.84. The van der Waals surface area contributed by atoms with Gasteiger partial charge in [-0.1, -0.05) is 6.07 Å². The van der Waals surface area contributed by atoms with E-state index >= 15 is 0 Å². The molecule has 0 unspecified atom stereocenters. The van der Waals surface area contributed by atoms with Gasteiger partial charge in [-0.05, 0) is 31.0 Å². The third-order valence-electron chi connectivity index (χ3n) is 2.44. The molecule has 1 N–H and O–H groups in total. The molecule has 0 atom stereocenters. The van der Waals surface area contributed by atoms with E-state index in [1.807, 2.05) is 6.07 Å².